The SMILES string of the molecule is CC.CCO.COCC(O)CN1CCN(c2ccc(OC)cc2OC)CC1. The lowest BCUT2D eigenvalue weighted by Gasteiger charge is -2.37. The molecule has 1 aliphatic rings. The van der Waals surface area contributed by atoms with Crippen molar-refractivity contribution in [3.8, 4) is 11.5 Å². The monoisotopic (exact) mass is 386 g/mol. The van der Waals surface area contributed by atoms with Gasteiger partial charge in [0.15, 0.2) is 0 Å². The summed E-state index contributed by atoms with van der Waals surface area (Å²) in [7, 11) is 4.94. The molecule has 0 saturated carbocycles. The molecule has 1 atom stereocenters. The Kier molecular flexibility index (Phi) is 14.6. The van der Waals surface area contributed by atoms with Gasteiger partial charge in [-0.2, -0.15) is 0 Å². The van der Waals surface area contributed by atoms with Crippen molar-refractivity contribution < 1.29 is 24.4 Å². The van der Waals surface area contributed by atoms with E-state index < -0.39 is 6.10 Å². The van der Waals surface area contributed by atoms with Crippen molar-refractivity contribution in [1.29, 1.82) is 0 Å². The first-order chi connectivity index (χ1) is 13.1. The summed E-state index contributed by atoms with van der Waals surface area (Å²) >= 11 is 0. The highest BCUT2D eigenvalue weighted by atomic mass is 16.5. The molecule has 0 bridgehead atoms. The van der Waals surface area contributed by atoms with E-state index in [4.69, 9.17) is 19.3 Å². The standard InChI is InChI=1S/C16H26N2O4.C2H6O.C2H6/c1-20-12-13(19)11-17-6-8-18(9-7-17)15-5-4-14(21-2)10-16(15)22-3;1-2-3;1-2/h4-5,10,13,19H,6-9,11-12H2,1-3H3;3H,2H2,1H3;1-2H3. The molecular weight excluding hydrogens is 348 g/mol. The average molecular weight is 387 g/mol. The average Bonchev–Trinajstić information content (AvgIpc) is 2.70. The van der Waals surface area contributed by atoms with Crippen LogP contribution in [0.2, 0.25) is 0 Å². The maximum atomic E-state index is 9.81. The van der Waals surface area contributed by atoms with E-state index in [1.807, 2.05) is 32.0 Å². The Bertz CT molecular complexity index is 479. The number of rotatable bonds is 7. The highest BCUT2D eigenvalue weighted by molar-refractivity contribution is 5.61. The van der Waals surface area contributed by atoms with Crippen LogP contribution in [-0.2, 0) is 4.74 Å². The van der Waals surface area contributed by atoms with E-state index >= 15 is 0 Å². The summed E-state index contributed by atoms with van der Waals surface area (Å²) in [6.45, 7) is 10.6. The summed E-state index contributed by atoms with van der Waals surface area (Å²) in [6, 6.07) is 5.89. The van der Waals surface area contributed by atoms with Crippen LogP contribution in [0, 0.1) is 0 Å². The second-order valence-corrected chi connectivity index (χ2v) is 5.75. The first-order valence-corrected chi connectivity index (χ1v) is 9.56. The third kappa shape index (κ3) is 9.28. The number of hydrogen-bond acceptors (Lipinski definition) is 7. The molecule has 1 aromatic rings. The van der Waals surface area contributed by atoms with Crippen molar-refractivity contribution in [2.45, 2.75) is 26.9 Å². The number of ether oxygens (including phenoxy) is 3. The molecule has 27 heavy (non-hydrogen) atoms. The van der Waals surface area contributed by atoms with E-state index in [1.165, 1.54) is 0 Å². The van der Waals surface area contributed by atoms with E-state index in [0.717, 1.165) is 43.4 Å². The summed E-state index contributed by atoms with van der Waals surface area (Å²) < 4.78 is 15.7. The summed E-state index contributed by atoms with van der Waals surface area (Å²) in [5, 5.41) is 17.4. The first kappa shape index (κ1) is 25.5. The van der Waals surface area contributed by atoms with Gasteiger partial charge in [0.05, 0.1) is 32.6 Å². The molecule has 0 aromatic heterocycles. The molecule has 1 aliphatic heterocycles. The number of anilines is 1. The number of hydrogen-bond donors (Lipinski definition) is 2. The zero-order valence-electron chi connectivity index (χ0n) is 17.8. The van der Waals surface area contributed by atoms with Gasteiger partial charge in [0.2, 0.25) is 0 Å². The van der Waals surface area contributed by atoms with Crippen LogP contribution in [0.3, 0.4) is 0 Å². The van der Waals surface area contributed by atoms with Gasteiger partial charge in [0, 0.05) is 52.5 Å². The van der Waals surface area contributed by atoms with Crippen LogP contribution in [0.1, 0.15) is 20.8 Å². The number of aliphatic hydroxyl groups is 2. The minimum atomic E-state index is -0.424. The number of methoxy groups -OCH3 is 3. The van der Waals surface area contributed by atoms with E-state index in [9.17, 15) is 5.11 Å². The van der Waals surface area contributed by atoms with Crippen molar-refractivity contribution in [3.05, 3.63) is 18.2 Å². The highest BCUT2D eigenvalue weighted by Gasteiger charge is 2.21. The van der Waals surface area contributed by atoms with Crippen LogP contribution < -0.4 is 14.4 Å². The van der Waals surface area contributed by atoms with Crippen LogP contribution in [0.15, 0.2) is 18.2 Å². The predicted octanol–water partition coefficient (Wildman–Crippen LogP) is 1.86. The number of β-amino-alcohol motifs (C(OH)–C–C–N with tert-alkyl or cyclic N) is 1. The van der Waals surface area contributed by atoms with Crippen LogP contribution in [-0.4, -0.2) is 88.5 Å². The Morgan fingerprint density at radius 2 is 1.63 bits per heavy atom. The number of nitrogens with zero attached hydrogens (tertiary/aromatic N) is 2. The van der Waals surface area contributed by atoms with Gasteiger partial charge >= 0.3 is 0 Å². The van der Waals surface area contributed by atoms with Crippen LogP contribution in [0.4, 0.5) is 5.69 Å². The molecule has 2 rings (SSSR count). The van der Waals surface area contributed by atoms with Gasteiger partial charge in [0.1, 0.15) is 11.5 Å². The van der Waals surface area contributed by atoms with Gasteiger partial charge in [-0.15, -0.1) is 0 Å². The normalized spacial score (nSPS) is 15.0. The summed E-state index contributed by atoms with van der Waals surface area (Å²) in [4.78, 5) is 4.56. The van der Waals surface area contributed by atoms with Gasteiger partial charge in [-0.25, -0.2) is 0 Å². The summed E-state index contributed by atoms with van der Waals surface area (Å²) in [6.07, 6.45) is -0.424. The van der Waals surface area contributed by atoms with Crippen LogP contribution in [0.25, 0.3) is 0 Å². The molecule has 1 aromatic carbocycles. The lowest BCUT2D eigenvalue weighted by molar-refractivity contribution is 0.0365. The molecule has 158 valence electrons. The van der Waals surface area contributed by atoms with Crippen molar-refractivity contribution >= 4 is 5.69 Å². The summed E-state index contributed by atoms with van der Waals surface area (Å²) in [5.74, 6) is 1.62. The molecule has 1 unspecified atom stereocenters. The van der Waals surface area contributed by atoms with E-state index in [2.05, 4.69) is 9.80 Å². The fourth-order valence-electron chi connectivity index (χ4n) is 2.76. The Hall–Kier alpha value is -1.54. The number of piperazine rings is 1. The van der Waals surface area contributed by atoms with Crippen molar-refractivity contribution in [1.82, 2.24) is 4.90 Å². The van der Waals surface area contributed by atoms with E-state index in [1.54, 1.807) is 28.3 Å². The largest absolute Gasteiger partial charge is 0.497 e. The van der Waals surface area contributed by atoms with Gasteiger partial charge < -0.3 is 29.3 Å². The maximum Gasteiger partial charge on any atom is 0.145 e. The molecule has 0 aliphatic carbocycles. The maximum absolute atomic E-state index is 9.81. The third-order valence-electron chi connectivity index (χ3n) is 3.93. The quantitative estimate of drug-likeness (QED) is 0.741. The second kappa shape index (κ2) is 15.5. The Balaban J connectivity index is 0.00000123. The van der Waals surface area contributed by atoms with Crippen LogP contribution >= 0.6 is 0 Å². The molecule has 0 spiro atoms. The Morgan fingerprint density at radius 1 is 1.04 bits per heavy atom. The molecule has 0 radical (unpaired) electrons. The van der Waals surface area contributed by atoms with Crippen molar-refractivity contribution in [3.63, 3.8) is 0 Å². The molecule has 2 N–H and O–H groups in total. The topological polar surface area (TPSA) is 74.6 Å². The van der Waals surface area contributed by atoms with E-state index in [-0.39, 0.29) is 6.61 Å². The minimum absolute atomic E-state index is 0.250. The van der Waals surface area contributed by atoms with Gasteiger partial charge in [0.25, 0.3) is 0 Å². The van der Waals surface area contributed by atoms with Crippen molar-refractivity contribution in [2.24, 2.45) is 0 Å². The minimum Gasteiger partial charge on any atom is -0.497 e. The molecule has 1 fully saturated rings. The van der Waals surface area contributed by atoms with E-state index in [0.29, 0.717) is 13.2 Å². The van der Waals surface area contributed by atoms with Gasteiger partial charge in [-0.1, -0.05) is 13.8 Å². The molecule has 1 heterocycles. The van der Waals surface area contributed by atoms with Crippen LogP contribution in [0.5, 0.6) is 11.5 Å². The zero-order chi connectivity index (χ0) is 20.7. The summed E-state index contributed by atoms with van der Waals surface area (Å²) in [5.41, 5.74) is 1.08. The smallest absolute Gasteiger partial charge is 0.145 e. The molecule has 7 nitrogen and oxygen atoms in total. The second-order valence-electron chi connectivity index (χ2n) is 5.75. The highest BCUT2D eigenvalue weighted by Crippen LogP contribution is 2.32. The number of aliphatic hydroxyl groups excluding tert-OH is 2. The zero-order valence-corrected chi connectivity index (χ0v) is 17.8. The number of benzene rings is 1. The third-order valence-corrected chi connectivity index (χ3v) is 3.93. The first-order valence-electron chi connectivity index (χ1n) is 9.56. The lowest BCUT2D eigenvalue weighted by Crippen LogP contribution is -2.49. The van der Waals surface area contributed by atoms with Gasteiger partial charge in [-0.3, -0.25) is 4.90 Å². The van der Waals surface area contributed by atoms with Crippen molar-refractivity contribution in [2.75, 3.05) is 72.2 Å². The molecule has 1 saturated heterocycles. The Labute approximate surface area is 164 Å². The fraction of sp³-hybridized carbons (Fsp3) is 0.700. The van der Waals surface area contributed by atoms with Gasteiger partial charge in [-0.05, 0) is 19.1 Å². The fourth-order valence-corrected chi connectivity index (χ4v) is 2.76. The Morgan fingerprint density at radius 3 is 2.11 bits per heavy atom. The lowest BCUT2D eigenvalue weighted by atomic mass is 10.2. The molecule has 0 amide bonds. The molecular formula is C20H38N2O5. The molecule has 7 heteroatoms. The predicted molar refractivity (Wildman–Crippen MR) is 110 cm³/mol.